The van der Waals surface area contributed by atoms with Crippen molar-refractivity contribution in [3.63, 3.8) is 0 Å². The zero-order valence-electron chi connectivity index (χ0n) is 8.85. The van der Waals surface area contributed by atoms with Crippen molar-refractivity contribution in [3.8, 4) is 5.75 Å². The van der Waals surface area contributed by atoms with Gasteiger partial charge < -0.3 is 15.8 Å². The fraction of sp³-hybridized carbons (Fsp3) is 0.400. The van der Waals surface area contributed by atoms with Gasteiger partial charge in [0.2, 0.25) is 0 Å². The molecule has 0 heterocycles. The molecule has 0 aromatic heterocycles. The molecule has 0 saturated heterocycles. The van der Waals surface area contributed by atoms with E-state index in [4.69, 9.17) is 17.3 Å². The van der Waals surface area contributed by atoms with Crippen LogP contribution >= 0.6 is 27.5 Å². The van der Waals surface area contributed by atoms with Crippen molar-refractivity contribution in [1.82, 2.24) is 0 Å². The van der Waals surface area contributed by atoms with Crippen molar-refractivity contribution >= 4 is 33.2 Å². The van der Waals surface area contributed by atoms with E-state index in [2.05, 4.69) is 26.0 Å². The van der Waals surface area contributed by atoms with E-state index < -0.39 is 6.61 Å². The van der Waals surface area contributed by atoms with E-state index in [1.165, 1.54) is 12.1 Å². The maximum atomic E-state index is 12.2. The van der Waals surface area contributed by atoms with Gasteiger partial charge in [0.25, 0.3) is 0 Å². The largest absolute Gasteiger partial charge is 0.431 e. The second kappa shape index (κ2) is 6.98. The number of halogens is 4. The third-order valence-corrected chi connectivity index (χ3v) is 2.72. The molecule has 0 saturated carbocycles. The Hall–Kier alpha value is -0.590. The first kappa shape index (κ1) is 14.5. The molecule has 0 aliphatic carbocycles. The number of nitrogens with one attached hydrogen (secondary N) is 1. The molecule has 3 nitrogen and oxygen atoms in total. The van der Waals surface area contributed by atoms with Gasteiger partial charge in [0.05, 0.1) is 10.2 Å². The van der Waals surface area contributed by atoms with E-state index in [0.29, 0.717) is 28.3 Å². The van der Waals surface area contributed by atoms with Crippen LogP contribution in [0.3, 0.4) is 0 Å². The van der Waals surface area contributed by atoms with E-state index in [-0.39, 0.29) is 5.75 Å². The summed E-state index contributed by atoms with van der Waals surface area (Å²) in [5.74, 6) is 0.0430. The van der Waals surface area contributed by atoms with Gasteiger partial charge in [-0.25, -0.2) is 0 Å². The second-order valence-corrected chi connectivity index (χ2v) is 4.50. The summed E-state index contributed by atoms with van der Waals surface area (Å²) in [6.45, 7) is -1.81. The van der Waals surface area contributed by atoms with Gasteiger partial charge in [-0.2, -0.15) is 8.78 Å². The summed E-state index contributed by atoms with van der Waals surface area (Å²) in [7, 11) is 0. The Labute approximate surface area is 111 Å². The molecular formula is C10H12BrClF2N2O. The summed E-state index contributed by atoms with van der Waals surface area (Å²) in [4.78, 5) is 0. The quantitative estimate of drug-likeness (QED) is 0.786. The first-order valence-corrected chi connectivity index (χ1v) is 6.09. The molecule has 1 rings (SSSR count). The molecule has 0 aliphatic rings. The fourth-order valence-corrected chi connectivity index (χ4v) is 2.13. The lowest BCUT2D eigenvalue weighted by Gasteiger charge is -2.14. The lowest BCUT2D eigenvalue weighted by molar-refractivity contribution is -0.0498. The zero-order valence-corrected chi connectivity index (χ0v) is 11.2. The summed E-state index contributed by atoms with van der Waals surface area (Å²) in [6, 6.07) is 3.02. The summed E-state index contributed by atoms with van der Waals surface area (Å²) in [6.07, 6.45) is 0.720. The van der Waals surface area contributed by atoms with Crippen molar-refractivity contribution in [2.24, 2.45) is 5.73 Å². The van der Waals surface area contributed by atoms with E-state index in [9.17, 15) is 8.78 Å². The Morgan fingerprint density at radius 1 is 1.47 bits per heavy atom. The van der Waals surface area contributed by atoms with Crippen molar-refractivity contribution in [3.05, 3.63) is 21.6 Å². The standard InChI is InChI=1S/C10H12BrClF2N2O/c11-7-4-6(12)5-8(16-3-1-2-15)9(7)17-10(13)14/h4-5,10,16H,1-3,15H2. The van der Waals surface area contributed by atoms with Gasteiger partial charge >= 0.3 is 6.61 Å². The molecular weight excluding hydrogens is 317 g/mol. The van der Waals surface area contributed by atoms with Gasteiger partial charge in [-0.15, -0.1) is 0 Å². The van der Waals surface area contributed by atoms with Crippen LogP contribution in [0.25, 0.3) is 0 Å². The molecule has 0 amide bonds. The lowest BCUT2D eigenvalue weighted by atomic mass is 10.3. The minimum absolute atomic E-state index is 0.0430. The highest BCUT2D eigenvalue weighted by Crippen LogP contribution is 2.37. The molecule has 0 aliphatic heterocycles. The first-order chi connectivity index (χ1) is 8.04. The van der Waals surface area contributed by atoms with Crippen molar-refractivity contribution in [1.29, 1.82) is 0 Å². The van der Waals surface area contributed by atoms with Crippen LogP contribution in [0.1, 0.15) is 6.42 Å². The molecule has 1 aromatic carbocycles. The van der Waals surface area contributed by atoms with Crippen LogP contribution in [0.4, 0.5) is 14.5 Å². The highest BCUT2D eigenvalue weighted by atomic mass is 79.9. The number of anilines is 1. The van der Waals surface area contributed by atoms with Gasteiger partial charge in [0, 0.05) is 11.6 Å². The number of rotatable bonds is 6. The van der Waals surface area contributed by atoms with Crippen molar-refractivity contribution < 1.29 is 13.5 Å². The zero-order chi connectivity index (χ0) is 12.8. The van der Waals surface area contributed by atoms with Crippen LogP contribution in [0, 0.1) is 0 Å². The molecule has 0 spiro atoms. The molecule has 7 heteroatoms. The summed E-state index contributed by atoms with van der Waals surface area (Å²) in [5, 5.41) is 3.37. The molecule has 17 heavy (non-hydrogen) atoms. The highest BCUT2D eigenvalue weighted by Gasteiger charge is 2.14. The average Bonchev–Trinajstić information content (AvgIpc) is 2.23. The maximum absolute atomic E-state index is 12.2. The number of nitrogens with two attached hydrogens (primary N) is 1. The van der Waals surface area contributed by atoms with E-state index in [0.717, 1.165) is 6.42 Å². The van der Waals surface area contributed by atoms with Crippen LogP contribution in [0.15, 0.2) is 16.6 Å². The van der Waals surface area contributed by atoms with Crippen LogP contribution in [-0.4, -0.2) is 19.7 Å². The molecule has 1 aromatic rings. The number of benzene rings is 1. The van der Waals surface area contributed by atoms with E-state index in [1.807, 2.05) is 0 Å². The van der Waals surface area contributed by atoms with Crippen molar-refractivity contribution in [2.45, 2.75) is 13.0 Å². The highest BCUT2D eigenvalue weighted by molar-refractivity contribution is 9.10. The van der Waals surface area contributed by atoms with Gasteiger partial charge in [-0.3, -0.25) is 0 Å². The van der Waals surface area contributed by atoms with Gasteiger partial charge in [0.15, 0.2) is 5.75 Å². The molecule has 96 valence electrons. The molecule has 0 bridgehead atoms. The first-order valence-electron chi connectivity index (χ1n) is 4.92. The van der Waals surface area contributed by atoms with Crippen LogP contribution < -0.4 is 15.8 Å². The normalized spacial score (nSPS) is 10.7. The Morgan fingerprint density at radius 2 is 2.18 bits per heavy atom. The van der Waals surface area contributed by atoms with Crippen LogP contribution in [0.2, 0.25) is 5.02 Å². The molecule has 0 atom stereocenters. The number of hydrogen-bond acceptors (Lipinski definition) is 3. The number of ether oxygens (including phenoxy) is 1. The fourth-order valence-electron chi connectivity index (χ4n) is 1.23. The minimum atomic E-state index is -2.89. The Morgan fingerprint density at radius 3 is 2.76 bits per heavy atom. The van der Waals surface area contributed by atoms with Gasteiger partial charge in [-0.05, 0) is 41.0 Å². The number of alkyl halides is 2. The van der Waals surface area contributed by atoms with Gasteiger partial charge in [0.1, 0.15) is 0 Å². The molecule has 3 N–H and O–H groups in total. The second-order valence-electron chi connectivity index (χ2n) is 3.21. The van der Waals surface area contributed by atoms with Crippen molar-refractivity contribution in [2.75, 3.05) is 18.4 Å². The summed E-state index contributed by atoms with van der Waals surface area (Å²) < 4.78 is 29.3. The maximum Gasteiger partial charge on any atom is 0.387 e. The van der Waals surface area contributed by atoms with E-state index in [1.54, 1.807) is 0 Å². The lowest BCUT2D eigenvalue weighted by Crippen LogP contribution is -2.11. The monoisotopic (exact) mass is 328 g/mol. The number of hydrogen-bond donors (Lipinski definition) is 2. The molecule has 0 fully saturated rings. The smallest absolute Gasteiger partial charge is 0.387 e. The van der Waals surface area contributed by atoms with Crippen LogP contribution in [0.5, 0.6) is 5.75 Å². The Kier molecular flexibility index (Phi) is 5.94. The average molecular weight is 330 g/mol. The van der Waals surface area contributed by atoms with Gasteiger partial charge in [-0.1, -0.05) is 11.6 Å². The Balaban J connectivity index is 2.90. The predicted octanol–water partition coefficient (Wildman–Crippen LogP) is 3.46. The van der Waals surface area contributed by atoms with Crippen LogP contribution in [-0.2, 0) is 0 Å². The molecule has 0 radical (unpaired) electrons. The summed E-state index contributed by atoms with van der Waals surface area (Å²) in [5.41, 5.74) is 5.76. The van der Waals surface area contributed by atoms with E-state index >= 15 is 0 Å². The molecule has 0 unspecified atom stereocenters. The predicted molar refractivity (Wildman–Crippen MR) is 67.9 cm³/mol. The SMILES string of the molecule is NCCCNc1cc(Cl)cc(Br)c1OC(F)F. The Bertz CT molecular complexity index is 380. The minimum Gasteiger partial charge on any atom is -0.431 e. The summed E-state index contributed by atoms with van der Waals surface area (Å²) >= 11 is 8.96. The third-order valence-electron chi connectivity index (χ3n) is 1.91. The topological polar surface area (TPSA) is 47.3 Å². The third kappa shape index (κ3) is 4.65.